The van der Waals surface area contributed by atoms with Crippen molar-refractivity contribution in [3.63, 3.8) is 0 Å². The molecule has 0 aromatic heterocycles. The average molecular weight is 238 g/mol. The lowest BCUT2D eigenvalue weighted by molar-refractivity contribution is 0.173. The van der Waals surface area contributed by atoms with Gasteiger partial charge in [-0.2, -0.15) is 0 Å². The van der Waals surface area contributed by atoms with Crippen LogP contribution >= 0.6 is 0 Å². The van der Waals surface area contributed by atoms with E-state index in [1.807, 2.05) is 30.3 Å². The van der Waals surface area contributed by atoms with Crippen molar-refractivity contribution < 1.29 is 8.39 Å². The minimum absolute atomic E-state index is 0.221. The molecule has 0 aliphatic heterocycles. The molecule has 1 unspecified atom stereocenters. The summed E-state index contributed by atoms with van der Waals surface area (Å²) in [5, 5.41) is 0. The van der Waals surface area contributed by atoms with Crippen molar-refractivity contribution in [2.75, 3.05) is 0 Å². The molecular formula is C13H18O2S. The van der Waals surface area contributed by atoms with Crippen molar-refractivity contribution in [1.82, 2.24) is 0 Å². The summed E-state index contributed by atoms with van der Waals surface area (Å²) >= 11 is -1.17. The van der Waals surface area contributed by atoms with Gasteiger partial charge in [0, 0.05) is 0 Å². The Morgan fingerprint density at radius 3 is 2.50 bits per heavy atom. The van der Waals surface area contributed by atoms with Gasteiger partial charge in [0.05, 0.1) is 11.9 Å². The fourth-order valence-electron chi connectivity index (χ4n) is 2.06. The van der Waals surface area contributed by atoms with Crippen LogP contribution in [0.1, 0.15) is 37.7 Å². The Hall–Kier alpha value is -0.670. The monoisotopic (exact) mass is 238 g/mol. The summed E-state index contributed by atoms with van der Waals surface area (Å²) < 4.78 is 17.3. The minimum Gasteiger partial charge on any atom is -0.287 e. The van der Waals surface area contributed by atoms with E-state index < -0.39 is 11.1 Å². The first-order chi connectivity index (χ1) is 7.84. The van der Waals surface area contributed by atoms with Gasteiger partial charge in [-0.25, -0.2) is 4.21 Å². The van der Waals surface area contributed by atoms with E-state index in [0.717, 1.165) is 18.4 Å². The number of hydrogen-bond acceptors (Lipinski definition) is 2. The van der Waals surface area contributed by atoms with Crippen LogP contribution in [-0.2, 0) is 21.0 Å². The quantitative estimate of drug-likeness (QED) is 0.805. The third kappa shape index (κ3) is 3.72. The van der Waals surface area contributed by atoms with Gasteiger partial charge in [0.25, 0.3) is 0 Å². The first-order valence-corrected chi connectivity index (χ1v) is 7.18. The fraction of sp³-hybridized carbons (Fsp3) is 0.538. The van der Waals surface area contributed by atoms with Gasteiger partial charge in [0.15, 0.2) is 11.1 Å². The smallest absolute Gasteiger partial charge is 0.160 e. The van der Waals surface area contributed by atoms with Gasteiger partial charge in [-0.15, -0.1) is 0 Å². The molecule has 0 saturated heterocycles. The molecule has 1 aliphatic rings. The van der Waals surface area contributed by atoms with Gasteiger partial charge in [-0.3, -0.25) is 4.18 Å². The molecule has 2 rings (SSSR count). The molecule has 0 radical (unpaired) electrons. The Morgan fingerprint density at radius 1 is 1.12 bits per heavy atom. The van der Waals surface area contributed by atoms with Crippen LogP contribution in [0, 0.1) is 0 Å². The summed E-state index contributed by atoms with van der Waals surface area (Å²) in [6.07, 6.45) is 6.09. The molecule has 88 valence electrons. The van der Waals surface area contributed by atoms with Crippen LogP contribution in [0.2, 0.25) is 0 Å². The minimum atomic E-state index is -1.17. The Morgan fingerprint density at radius 2 is 1.81 bits per heavy atom. The van der Waals surface area contributed by atoms with E-state index in [2.05, 4.69) is 0 Å². The first-order valence-electron chi connectivity index (χ1n) is 5.94. The van der Waals surface area contributed by atoms with Crippen molar-refractivity contribution in [2.45, 2.75) is 44.0 Å². The van der Waals surface area contributed by atoms with Gasteiger partial charge in [0.2, 0.25) is 0 Å². The summed E-state index contributed by atoms with van der Waals surface area (Å²) in [6, 6.07) is 9.87. The maximum absolute atomic E-state index is 11.8. The largest absolute Gasteiger partial charge is 0.287 e. The van der Waals surface area contributed by atoms with Gasteiger partial charge in [0.1, 0.15) is 0 Å². The van der Waals surface area contributed by atoms with Crippen molar-refractivity contribution in [1.29, 1.82) is 0 Å². The topological polar surface area (TPSA) is 26.3 Å². The second kappa shape index (κ2) is 6.16. The van der Waals surface area contributed by atoms with Crippen LogP contribution in [0.3, 0.4) is 0 Å². The zero-order valence-electron chi connectivity index (χ0n) is 9.43. The Kier molecular flexibility index (Phi) is 4.55. The van der Waals surface area contributed by atoms with E-state index in [0.29, 0.717) is 5.75 Å². The highest BCUT2D eigenvalue weighted by atomic mass is 32.2. The molecule has 1 aliphatic carbocycles. The molecular weight excluding hydrogens is 220 g/mol. The van der Waals surface area contributed by atoms with Crippen molar-refractivity contribution in [3.05, 3.63) is 35.9 Å². The molecule has 1 atom stereocenters. The van der Waals surface area contributed by atoms with Crippen LogP contribution in [0.4, 0.5) is 0 Å². The maximum atomic E-state index is 11.8. The highest BCUT2D eigenvalue weighted by Crippen LogP contribution is 2.21. The van der Waals surface area contributed by atoms with E-state index in [1.54, 1.807) is 0 Å². The molecule has 1 aromatic carbocycles. The normalized spacial score (nSPS) is 19.5. The predicted molar refractivity (Wildman–Crippen MR) is 66.2 cm³/mol. The molecule has 1 saturated carbocycles. The van der Waals surface area contributed by atoms with Crippen LogP contribution in [0.15, 0.2) is 30.3 Å². The molecule has 0 spiro atoms. The van der Waals surface area contributed by atoms with E-state index in [4.69, 9.17) is 4.18 Å². The second-order valence-electron chi connectivity index (χ2n) is 4.29. The van der Waals surface area contributed by atoms with E-state index in [9.17, 15) is 4.21 Å². The van der Waals surface area contributed by atoms with E-state index >= 15 is 0 Å². The summed E-state index contributed by atoms with van der Waals surface area (Å²) in [6.45, 7) is 0. The summed E-state index contributed by atoms with van der Waals surface area (Å²) in [7, 11) is 0. The van der Waals surface area contributed by atoms with Crippen LogP contribution in [0.25, 0.3) is 0 Å². The SMILES string of the molecule is O=S(Cc1ccccc1)OC1CCCCC1. The average Bonchev–Trinajstić information content (AvgIpc) is 2.31. The first kappa shape index (κ1) is 11.8. The maximum Gasteiger partial charge on any atom is 0.160 e. The van der Waals surface area contributed by atoms with Crippen molar-refractivity contribution >= 4 is 11.1 Å². The van der Waals surface area contributed by atoms with Crippen LogP contribution in [0.5, 0.6) is 0 Å². The Balaban J connectivity index is 1.80. The van der Waals surface area contributed by atoms with Crippen LogP contribution < -0.4 is 0 Å². The zero-order chi connectivity index (χ0) is 11.2. The summed E-state index contributed by atoms with van der Waals surface area (Å²) in [4.78, 5) is 0. The van der Waals surface area contributed by atoms with Crippen molar-refractivity contribution in [2.24, 2.45) is 0 Å². The van der Waals surface area contributed by atoms with Crippen LogP contribution in [-0.4, -0.2) is 10.3 Å². The highest BCUT2D eigenvalue weighted by molar-refractivity contribution is 7.79. The fourth-order valence-corrected chi connectivity index (χ4v) is 3.09. The second-order valence-corrected chi connectivity index (χ2v) is 5.38. The lowest BCUT2D eigenvalue weighted by atomic mass is 9.98. The number of benzene rings is 1. The standard InChI is InChI=1S/C13H18O2S/c14-16(11-12-7-3-1-4-8-12)15-13-9-5-2-6-10-13/h1,3-4,7-8,13H,2,5-6,9-11H2. The van der Waals surface area contributed by atoms with Gasteiger partial charge in [-0.1, -0.05) is 49.6 Å². The zero-order valence-corrected chi connectivity index (χ0v) is 10.2. The van der Waals surface area contributed by atoms with Gasteiger partial charge < -0.3 is 0 Å². The molecule has 0 heterocycles. The molecule has 0 N–H and O–H groups in total. The lowest BCUT2D eigenvalue weighted by Crippen LogP contribution is -2.18. The third-order valence-corrected chi connectivity index (χ3v) is 3.98. The molecule has 3 heteroatoms. The molecule has 1 fully saturated rings. The Bertz CT molecular complexity index is 331. The Labute approximate surface area is 99.7 Å². The van der Waals surface area contributed by atoms with E-state index in [1.165, 1.54) is 19.3 Å². The van der Waals surface area contributed by atoms with Gasteiger partial charge >= 0.3 is 0 Å². The predicted octanol–water partition coefficient (Wildman–Crippen LogP) is 3.20. The molecule has 16 heavy (non-hydrogen) atoms. The van der Waals surface area contributed by atoms with E-state index in [-0.39, 0.29) is 6.10 Å². The summed E-state index contributed by atoms with van der Waals surface area (Å²) in [5.41, 5.74) is 1.08. The van der Waals surface area contributed by atoms with Crippen molar-refractivity contribution in [3.8, 4) is 0 Å². The third-order valence-electron chi connectivity index (χ3n) is 2.92. The molecule has 0 bridgehead atoms. The molecule has 1 aromatic rings. The lowest BCUT2D eigenvalue weighted by Gasteiger charge is -2.20. The molecule has 0 amide bonds. The number of rotatable bonds is 4. The number of hydrogen-bond donors (Lipinski definition) is 0. The van der Waals surface area contributed by atoms with Gasteiger partial charge in [-0.05, 0) is 18.4 Å². The highest BCUT2D eigenvalue weighted by Gasteiger charge is 2.16. The molecule has 2 nitrogen and oxygen atoms in total. The summed E-state index contributed by atoms with van der Waals surface area (Å²) in [5.74, 6) is 0.511.